The molecular weight excluding hydrogens is 1110 g/mol. The van der Waals surface area contributed by atoms with E-state index in [-0.39, 0.29) is 99.9 Å². The van der Waals surface area contributed by atoms with Crippen LogP contribution in [0, 0.1) is 11.8 Å². The van der Waals surface area contributed by atoms with Crippen molar-refractivity contribution in [3.05, 3.63) is 104 Å². The van der Waals surface area contributed by atoms with E-state index in [1.807, 2.05) is 27.7 Å². The third-order valence-electron chi connectivity index (χ3n) is 14.1. The molecule has 1 aromatic heterocycles. The van der Waals surface area contributed by atoms with Gasteiger partial charge in [-0.1, -0.05) is 42.5 Å². The number of aliphatic imine (C=N–C) groups is 1. The van der Waals surface area contributed by atoms with Crippen LogP contribution in [0.1, 0.15) is 94.8 Å². The molecule has 4 amide bonds. The Labute approximate surface area is 498 Å². The molecule has 3 aliphatic rings. The summed E-state index contributed by atoms with van der Waals surface area (Å²) in [7, 11) is 4.27. The zero-order chi connectivity index (χ0) is 61.5. The third-order valence-corrected chi connectivity index (χ3v) is 17.6. The average Bonchev–Trinajstić information content (AvgIpc) is 1.68. The van der Waals surface area contributed by atoms with Gasteiger partial charge in [-0.3, -0.25) is 23.7 Å². The van der Waals surface area contributed by atoms with Gasteiger partial charge in [0, 0.05) is 87.0 Å². The number of rotatable bonds is 32. The van der Waals surface area contributed by atoms with Crippen LogP contribution in [0.15, 0.2) is 87.0 Å². The Morgan fingerprint density at radius 2 is 1.71 bits per heavy atom. The van der Waals surface area contributed by atoms with Crippen molar-refractivity contribution in [2.45, 2.75) is 123 Å². The van der Waals surface area contributed by atoms with Gasteiger partial charge in [-0.25, -0.2) is 14.4 Å². The number of nitrogen functional groups attached to an aromatic ring is 1. The fourth-order valence-corrected chi connectivity index (χ4v) is 12.4. The summed E-state index contributed by atoms with van der Waals surface area (Å²) in [6.07, 6.45) is 9.76. The molecule has 6 N–H and O–H groups in total. The molecule has 3 aromatic rings. The summed E-state index contributed by atoms with van der Waals surface area (Å²) in [5, 5.41) is 17.4. The zero-order valence-electron chi connectivity index (χ0n) is 50.5. The highest BCUT2D eigenvalue weighted by atomic mass is 28.3. The van der Waals surface area contributed by atoms with E-state index in [1.54, 1.807) is 18.2 Å². The number of carbonyl (C=O) groups is 4. The number of unbranched alkanes of at least 4 members (excludes halogenated alkanes) is 2. The lowest BCUT2D eigenvalue weighted by atomic mass is 10.1. The molecule has 1 unspecified atom stereocenters. The molecule has 1 aliphatic carbocycles. The van der Waals surface area contributed by atoms with Crippen LogP contribution in [0.2, 0.25) is 13.1 Å². The van der Waals surface area contributed by atoms with Crippen molar-refractivity contribution in [3.63, 3.8) is 0 Å². The molecule has 0 radical (unpaired) electrons. The number of benzene rings is 2. The number of amides is 4. The van der Waals surface area contributed by atoms with Crippen LogP contribution in [0.4, 0.5) is 17.2 Å². The smallest absolute Gasteiger partial charge is 0.351 e. The molecule has 0 saturated carbocycles. The minimum absolute atomic E-state index is 0.00991. The summed E-state index contributed by atoms with van der Waals surface area (Å²) >= 11 is 0. The molecule has 24 nitrogen and oxygen atoms in total. The predicted molar refractivity (Wildman–Crippen MR) is 328 cm³/mol. The number of hydrogen-bond donors (Lipinski definition) is 5. The molecule has 2 aliphatic heterocycles. The number of allylic oxidation sites excluding steroid dienone is 4. The summed E-state index contributed by atoms with van der Waals surface area (Å²) in [6.45, 7) is 13.9. The van der Waals surface area contributed by atoms with Crippen molar-refractivity contribution in [1.29, 1.82) is 0 Å². The van der Waals surface area contributed by atoms with E-state index in [0.29, 0.717) is 43.7 Å². The molecule has 85 heavy (non-hydrogen) atoms. The highest BCUT2D eigenvalue weighted by Gasteiger charge is 2.40. The molecule has 0 spiro atoms. The average molecular weight is 1190 g/mol. The number of ether oxygens (including phenoxy) is 6. The first-order valence-electron chi connectivity index (χ1n) is 29.0. The number of nitrogens with zero attached hydrogens (tertiary/aromatic N) is 8. The number of carbonyl (C=O) groups excluding carboxylic acids is 4. The van der Waals surface area contributed by atoms with E-state index in [4.69, 9.17) is 44.7 Å². The van der Waals surface area contributed by atoms with E-state index in [0.717, 1.165) is 37.2 Å². The molecule has 1 fully saturated rings. The third kappa shape index (κ3) is 20.8. The first-order valence-corrected chi connectivity index (χ1v) is 32.0. The highest BCUT2D eigenvalue weighted by Crippen LogP contribution is 2.34. The van der Waals surface area contributed by atoms with Crippen molar-refractivity contribution < 1.29 is 52.2 Å². The Morgan fingerprint density at radius 3 is 2.46 bits per heavy atom. The van der Waals surface area contributed by atoms with Gasteiger partial charge in [0.25, 0.3) is 5.91 Å². The molecule has 4 atom stereocenters. The second-order valence-electron chi connectivity index (χ2n) is 22.0. The van der Waals surface area contributed by atoms with Gasteiger partial charge in [-0.05, 0) is 105 Å². The van der Waals surface area contributed by atoms with Crippen LogP contribution in [0.25, 0.3) is 10.4 Å². The number of nitrogens with two attached hydrogens (primary N) is 1. The van der Waals surface area contributed by atoms with Crippen LogP contribution in [-0.4, -0.2) is 175 Å². The number of aromatic nitrogens is 2. The van der Waals surface area contributed by atoms with Crippen molar-refractivity contribution in [2.75, 3.05) is 97.5 Å². The highest BCUT2D eigenvalue weighted by molar-refractivity contribution is 7.01. The number of azide groups is 1. The van der Waals surface area contributed by atoms with E-state index < -0.39 is 38.2 Å². The van der Waals surface area contributed by atoms with E-state index >= 15 is 0 Å². The van der Waals surface area contributed by atoms with Crippen molar-refractivity contribution >= 4 is 65.5 Å². The first-order chi connectivity index (χ1) is 40.7. The van der Waals surface area contributed by atoms with Gasteiger partial charge in [0.1, 0.15) is 59.3 Å². The van der Waals surface area contributed by atoms with Crippen molar-refractivity contribution in [3.8, 4) is 17.6 Å². The summed E-state index contributed by atoms with van der Waals surface area (Å²) < 4.78 is 38.2. The Kier molecular flexibility index (Phi) is 25.9. The zero-order valence-corrected chi connectivity index (χ0v) is 51.5. The van der Waals surface area contributed by atoms with E-state index in [9.17, 15) is 24.0 Å². The van der Waals surface area contributed by atoms with Gasteiger partial charge in [0.2, 0.25) is 17.7 Å². The Morgan fingerprint density at radius 1 is 0.941 bits per heavy atom. The lowest BCUT2D eigenvalue weighted by Gasteiger charge is -2.34. The molecule has 458 valence electrons. The lowest BCUT2D eigenvalue weighted by Crippen LogP contribution is -2.49. The Hall–Kier alpha value is -7.69. The van der Waals surface area contributed by atoms with Crippen LogP contribution >= 0.6 is 0 Å². The van der Waals surface area contributed by atoms with Crippen LogP contribution in [0.3, 0.4) is 0 Å². The van der Waals surface area contributed by atoms with E-state index in [2.05, 4.69) is 128 Å². The van der Waals surface area contributed by atoms with E-state index in [1.165, 1.54) is 38.6 Å². The second kappa shape index (κ2) is 33.1. The summed E-state index contributed by atoms with van der Waals surface area (Å²) in [5.74, 6) is 4.85. The number of anilines is 2. The largest absolute Gasteiger partial charge is 0.491 e. The number of hydrogen-bond acceptors (Lipinski definition) is 16. The van der Waals surface area contributed by atoms with Crippen molar-refractivity contribution in [1.82, 2.24) is 30.8 Å². The maximum absolute atomic E-state index is 12.9. The Balaban J connectivity index is 0.787. The minimum atomic E-state index is -1.97. The molecular formula is C60H84N13O11Si+. The van der Waals surface area contributed by atoms with Crippen LogP contribution in [-0.2, 0) is 38.1 Å². The van der Waals surface area contributed by atoms with Gasteiger partial charge in [0.15, 0.2) is 11.9 Å². The maximum Gasteiger partial charge on any atom is 0.351 e. The maximum atomic E-state index is 12.9. The minimum Gasteiger partial charge on any atom is -0.491 e. The van der Waals surface area contributed by atoms with Gasteiger partial charge in [0.05, 0.1) is 61.6 Å². The predicted octanol–water partition coefficient (Wildman–Crippen LogP) is 4.74. The summed E-state index contributed by atoms with van der Waals surface area (Å²) in [4.78, 5) is 77.2. The molecule has 6 rings (SSSR count). The molecule has 0 bridgehead atoms. The topological polar surface area (TPSA) is 300 Å². The SMILES string of the molecule is CC(C)OC[C@H]1O[C@@H](n2cc(C#CCNC(=O)COCCOC(COc3cccc(C(=O)NCCNC(=O)CCCNC(=O)CCCCCN(C)c4ccc5c(c4)[Si](C)(C)C4=CC(=[N+](C)C)C=CC4=N5)c3)N=[N+]=[N-])c(N)nc2=O)C[C@H]1OC(C)C. The van der Waals surface area contributed by atoms with Crippen molar-refractivity contribution in [2.24, 2.45) is 10.1 Å². The Bertz CT molecular complexity index is 3120. The van der Waals surface area contributed by atoms with Crippen LogP contribution < -0.4 is 47.5 Å². The molecule has 25 heteroatoms. The monoisotopic (exact) mass is 1190 g/mol. The van der Waals surface area contributed by atoms with Gasteiger partial charge < -0.3 is 60.3 Å². The first kappa shape index (κ1) is 66.4. The molecule has 3 heterocycles. The van der Waals surface area contributed by atoms with Gasteiger partial charge in [-0.15, -0.1) is 0 Å². The fraction of sp³-hybridized carbons (Fsp3) is 0.533. The van der Waals surface area contributed by atoms with Gasteiger partial charge in [-0.2, -0.15) is 4.98 Å². The standard InChI is InChI=1S/C60H83N13O11Si/c1-40(2)81-37-50-49(83-41(3)4)35-57(84-50)73-36-43(58(61)68-60(73)78)17-14-25-64-55(76)38-79-30-31-80-56(69-70-62)39-82-46-18-13-16-42(32-46)59(77)66-28-27-65-54(75)20-15-26-63-53(74)19-11-10-12-29-72(7)45-22-24-48-52(34-45)85(8,9)51-33-44(71(5)6)21-23-47(51)67-48/h13,16,18,21-24,32-34,36,40-41,49-50,56-57H,10-12,15,19-20,25-31,35,37-39H2,1-9H3,(H5-,61,63,64,65,66,68,74,75,76,77,78)/p+1/t49-,50-,56?,57-/m1/s1. The number of fused-ring (bicyclic) bond motifs is 2. The lowest BCUT2D eigenvalue weighted by molar-refractivity contribution is -0.462. The fourth-order valence-electron chi connectivity index (χ4n) is 9.50. The molecule has 2 aromatic carbocycles. The summed E-state index contributed by atoms with van der Waals surface area (Å²) in [5.41, 5.74) is 19.6. The van der Waals surface area contributed by atoms with Gasteiger partial charge >= 0.3 is 5.69 Å². The normalized spacial score (nSPS) is 16.8. The quantitative estimate of drug-likeness (QED) is 0.00825. The summed E-state index contributed by atoms with van der Waals surface area (Å²) in [6, 6.07) is 13.0. The number of nitrogens with one attached hydrogen (secondary N) is 4. The molecule has 1 saturated heterocycles. The van der Waals surface area contributed by atoms with Crippen LogP contribution in [0.5, 0.6) is 5.75 Å². The second-order valence-corrected chi connectivity index (χ2v) is 26.4.